The van der Waals surface area contributed by atoms with Gasteiger partial charge in [-0.2, -0.15) is 9.61 Å². The molecule has 3 rings (SSSR count). The average molecular weight is 267 g/mol. The minimum absolute atomic E-state index is 0.0567. The summed E-state index contributed by atoms with van der Waals surface area (Å²) in [5.74, 6) is -0.0567. The highest BCUT2D eigenvalue weighted by molar-refractivity contribution is 5.79. The molecule has 0 spiro atoms. The van der Waals surface area contributed by atoms with E-state index in [0.717, 1.165) is 16.8 Å². The lowest BCUT2D eigenvalue weighted by molar-refractivity contribution is 0.497. The van der Waals surface area contributed by atoms with Crippen LogP contribution in [0.1, 0.15) is 12.6 Å². The third-order valence-corrected chi connectivity index (χ3v) is 3.23. The Hall–Kier alpha value is -2.69. The smallest absolute Gasteiger partial charge is 0.285 e. The molecular weight excluding hydrogens is 254 g/mol. The number of benzene rings is 1. The topological polar surface area (TPSA) is 67.5 Å². The Bertz CT molecular complexity index is 894. The summed E-state index contributed by atoms with van der Waals surface area (Å²) in [6, 6.07) is 9.69. The predicted molar refractivity (Wildman–Crippen MR) is 76.4 cm³/mol. The van der Waals surface area contributed by atoms with Crippen molar-refractivity contribution < 1.29 is 5.11 Å². The number of aromatic nitrogens is 3. The number of aryl methyl sites for hydroxylation is 1. The fourth-order valence-corrected chi connectivity index (χ4v) is 2.26. The monoisotopic (exact) mass is 267 g/mol. The quantitative estimate of drug-likeness (QED) is 0.725. The van der Waals surface area contributed by atoms with Crippen molar-refractivity contribution >= 4 is 11.4 Å². The Kier molecular flexibility index (Phi) is 2.75. The van der Waals surface area contributed by atoms with E-state index in [1.165, 1.54) is 17.6 Å². The van der Waals surface area contributed by atoms with Crippen LogP contribution in [0.3, 0.4) is 0 Å². The van der Waals surface area contributed by atoms with Gasteiger partial charge in [-0.1, -0.05) is 30.3 Å². The van der Waals surface area contributed by atoms with Crippen molar-refractivity contribution in [2.45, 2.75) is 13.8 Å². The van der Waals surface area contributed by atoms with Crippen LogP contribution in [0.15, 0.2) is 41.3 Å². The van der Waals surface area contributed by atoms with Gasteiger partial charge in [-0.25, -0.2) is 4.98 Å². The minimum atomic E-state index is -0.361. The molecule has 100 valence electrons. The molecule has 0 aliphatic carbocycles. The normalized spacial score (nSPS) is 12.7. The molecule has 20 heavy (non-hydrogen) atoms. The second kappa shape index (κ2) is 4.45. The molecule has 2 aromatic heterocycles. The molecule has 0 saturated carbocycles. The van der Waals surface area contributed by atoms with Crippen molar-refractivity contribution in [1.29, 1.82) is 0 Å². The lowest BCUT2D eigenvalue weighted by Crippen LogP contribution is -2.33. The summed E-state index contributed by atoms with van der Waals surface area (Å²) in [6.45, 7) is 3.30. The maximum Gasteiger partial charge on any atom is 0.285 e. The van der Waals surface area contributed by atoms with Gasteiger partial charge in [0.15, 0.2) is 5.65 Å². The first kappa shape index (κ1) is 12.3. The Morgan fingerprint density at radius 3 is 2.60 bits per heavy atom. The Balaban J connectivity index is 2.43. The Labute approximate surface area is 114 Å². The van der Waals surface area contributed by atoms with Crippen LogP contribution in [0.5, 0.6) is 0 Å². The first-order chi connectivity index (χ1) is 9.59. The van der Waals surface area contributed by atoms with Crippen LogP contribution in [-0.4, -0.2) is 19.7 Å². The first-order valence-electron chi connectivity index (χ1n) is 6.23. The van der Waals surface area contributed by atoms with Gasteiger partial charge in [0, 0.05) is 11.8 Å². The van der Waals surface area contributed by atoms with Crippen LogP contribution in [-0.2, 0) is 0 Å². The average Bonchev–Trinajstić information content (AvgIpc) is 2.77. The number of hydrogen-bond donors (Lipinski definition) is 1. The number of hydrogen-bond acceptors (Lipinski definition) is 4. The van der Waals surface area contributed by atoms with Gasteiger partial charge >= 0.3 is 0 Å². The standard InChI is InChI=1S/C15H13N3O2/c1-9-13(11-6-4-3-5-7-11)14-16-8-12(10(2)19)15(20)18(14)17-9/h3-8,19H,1-2H3/b12-10+. The van der Waals surface area contributed by atoms with Crippen LogP contribution < -0.4 is 10.8 Å². The van der Waals surface area contributed by atoms with E-state index in [2.05, 4.69) is 10.1 Å². The van der Waals surface area contributed by atoms with Gasteiger partial charge in [0.05, 0.1) is 10.9 Å². The fraction of sp³-hybridized carbons (Fsp3) is 0.133. The van der Waals surface area contributed by atoms with E-state index >= 15 is 0 Å². The van der Waals surface area contributed by atoms with Crippen molar-refractivity contribution in [3.8, 4) is 11.1 Å². The lowest BCUT2D eigenvalue weighted by Gasteiger charge is -1.99. The summed E-state index contributed by atoms with van der Waals surface area (Å²) in [4.78, 5) is 16.5. The summed E-state index contributed by atoms with van der Waals surface area (Å²) >= 11 is 0. The second-order valence-corrected chi connectivity index (χ2v) is 4.62. The molecule has 0 atom stereocenters. The third kappa shape index (κ3) is 1.75. The Morgan fingerprint density at radius 1 is 1.25 bits per heavy atom. The highest BCUT2D eigenvalue weighted by Crippen LogP contribution is 2.25. The van der Waals surface area contributed by atoms with Gasteiger partial charge in [0.1, 0.15) is 5.76 Å². The van der Waals surface area contributed by atoms with Crippen LogP contribution in [0.4, 0.5) is 0 Å². The van der Waals surface area contributed by atoms with Gasteiger partial charge in [-0.05, 0) is 19.4 Å². The van der Waals surface area contributed by atoms with Crippen LogP contribution in [0, 0.1) is 6.92 Å². The summed E-state index contributed by atoms with van der Waals surface area (Å²) < 4.78 is 1.24. The van der Waals surface area contributed by atoms with Crippen LogP contribution in [0.2, 0.25) is 0 Å². The summed E-state index contributed by atoms with van der Waals surface area (Å²) in [5, 5.41) is 13.9. The maximum absolute atomic E-state index is 12.2. The summed E-state index contributed by atoms with van der Waals surface area (Å²) in [7, 11) is 0. The van der Waals surface area contributed by atoms with Crippen LogP contribution >= 0.6 is 0 Å². The first-order valence-corrected chi connectivity index (χ1v) is 6.23. The number of aliphatic hydroxyl groups is 1. The van der Waals surface area contributed by atoms with Gasteiger partial charge in [0.25, 0.3) is 5.56 Å². The molecule has 1 N–H and O–H groups in total. The molecular formula is C15H13N3O2. The molecule has 0 radical (unpaired) electrons. The second-order valence-electron chi connectivity index (χ2n) is 4.62. The molecule has 0 aliphatic heterocycles. The molecule has 0 aliphatic rings. The van der Waals surface area contributed by atoms with Crippen molar-refractivity contribution in [2.24, 2.45) is 0 Å². The molecule has 5 heteroatoms. The van der Waals surface area contributed by atoms with Crippen molar-refractivity contribution in [3.63, 3.8) is 0 Å². The molecule has 0 fully saturated rings. The molecule has 3 aromatic rings. The lowest BCUT2D eigenvalue weighted by atomic mass is 10.1. The number of aliphatic hydroxyl groups excluding tert-OH is 1. The van der Waals surface area contributed by atoms with E-state index in [1.807, 2.05) is 37.3 Å². The number of nitrogens with zero attached hydrogens (tertiary/aromatic N) is 3. The van der Waals surface area contributed by atoms with E-state index in [9.17, 15) is 9.90 Å². The molecule has 5 nitrogen and oxygen atoms in total. The van der Waals surface area contributed by atoms with Crippen molar-refractivity contribution in [1.82, 2.24) is 14.6 Å². The van der Waals surface area contributed by atoms with E-state index in [-0.39, 0.29) is 16.5 Å². The fourth-order valence-electron chi connectivity index (χ4n) is 2.26. The highest BCUT2D eigenvalue weighted by atomic mass is 16.3. The molecule has 2 heterocycles. The van der Waals surface area contributed by atoms with Gasteiger partial charge in [-0.15, -0.1) is 0 Å². The van der Waals surface area contributed by atoms with Gasteiger partial charge < -0.3 is 5.11 Å². The van der Waals surface area contributed by atoms with Crippen LogP contribution in [0.25, 0.3) is 22.5 Å². The molecule has 0 amide bonds. The zero-order valence-corrected chi connectivity index (χ0v) is 11.2. The maximum atomic E-state index is 12.2. The van der Waals surface area contributed by atoms with Crippen molar-refractivity contribution in [3.05, 3.63) is 57.8 Å². The van der Waals surface area contributed by atoms with E-state index in [4.69, 9.17) is 0 Å². The van der Waals surface area contributed by atoms with Crippen molar-refractivity contribution in [2.75, 3.05) is 0 Å². The largest absolute Gasteiger partial charge is 0.512 e. The third-order valence-electron chi connectivity index (χ3n) is 3.23. The SMILES string of the molecule is C/C(O)=c1/cnc2c(-c3ccccc3)c(C)nn2c1=O. The predicted octanol–water partition coefficient (Wildman–Crippen LogP) is 1.47. The van der Waals surface area contributed by atoms with E-state index in [1.54, 1.807) is 0 Å². The van der Waals surface area contributed by atoms with E-state index in [0.29, 0.717) is 5.65 Å². The number of fused-ring (bicyclic) bond motifs is 1. The Morgan fingerprint density at radius 2 is 1.95 bits per heavy atom. The molecule has 0 bridgehead atoms. The molecule has 0 unspecified atom stereocenters. The van der Waals surface area contributed by atoms with Gasteiger partial charge in [0.2, 0.25) is 0 Å². The summed E-state index contributed by atoms with van der Waals surface area (Å²) in [5.41, 5.74) is 2.67. The number of rotatable bonds is 1. The minimum Gasteiger partial charge on any atom is -0.512 e. The molecule has 1 aromatic carbocycles. The van der Waals surface area contributed by atoms with Gasteiger partial charge in [-0.3, -0.25) is 4.79 Å². The van der Waals surface area contributed by atoms with E-state index < -0.39 is 0 Å². The summed E-state index contributed by atoms with van der Waals surface area (Å²) in [6.07, 6.45) is 1.39. The zero-order chi connectivity index (χ0) is 14.3. The zero-order valence-electron chi connectivity index (χ0n) is 11.2. The molecule has 0 saturated heterocycles. The highest BCUT2D eigenvalue weighted by Gasteiger charge is 2.14.